The number of ether oxygens (including phenoxy) is 1. The summed E-state index contributed by atoms with van der Waals surface area (Å²) in [7, 11) is 0. The molecule has 0 amide bonds. The van der Waals surface area contributed by atoms with Crippen molar-refractivity contribution in [1.82, 2.24) is 15.0 Å². The molecule has 0 radical (unpaired) electrons. The average Bonchev–Trinajstić information content (AvgIpc) is 3.10. The third kappa shape index (κ3) is 3.14. The predicted octanol–water partition coefficient (Wildman–Crippen LogP) is 3.18. The third-order valence-corrected chi connectivity index (χ3v) is 6.13. The number of benzene rings is 1. The van der Waals surface area contributed by atoms with E-state index >= 15 is 0 Å². The number of rotatable bonds is 4. The Morgan fingerprint density at radius 2 is 2.23 bits per heavy atom. The van der Waals surface area contributed by atoms with Gasteiger partial charge in [0, 0.05) is 4.88 Å². The Labute approximate surface area is 154 Å². The lowest BCUT2D eigenvalue weighted by Gasteiger charge is -2.19. The van der Waals surface area contributed by atoms with Gasteiger partial charge >= 0.3 is 5.97 Å². The molecular weight excluding hydrogens is 350 g/mol. The Bertz CT molecular complexity index is 1020. The molecule has 1 unspecified atom stereocenters. The van der Waals surface area contributed by atoms with Crippen LogP contribution in [-0.2, 0) is 24.3 Å². The van der Waals surface area contributed by atoms with Gasteiger partial charge in [0.15, 0.2) is 6.73 Å². The van der Waals surface area contributed by atoms with Crippen LogP contribution in [0.2, 0.25) is 0 Å². The molecule has 0 aliphatic heterocycles. The second-order valence-corrected chi connectivity index (χ2v) is 7.69. The van der Waals surface area contributed by atoms with Crippen LogP contribution in [0.5, 0.6) is 0 Å². The minimum Gasteiger partial charge on any atom is -0.438 e. The van der Waals surface area contributed by atoms with Crippen LogP contribution >= 0.6 is 11.3 Å². The molecule has 26 heavy (non-hydrogen) atoms. The van der Waals surface area contributed by atoms with Crippen molar-refractivity contribution in [3.05, 3.63) is 56.0 Å². The molecule has 6 nitrogen and oxygen atoms in total. The van der Waals surface area contributed by atoms with Crippen LogP contribution in [0.25, 0.3) is 10.9 Å². The lowest BCUT2D eigenvalue weighted by molar-refractivity contribution is 0.0342. The predicted molar refractivity (Wildman–Crippen MR) is 99.3 cm³/mol. The van der Waals surface area contributed by atoms with E-state index in [2.05, 4.69) is 17.2 Å². The molecule has 2 aromatic heterocycles. The number of aromatic nitrogens is 3. The van der Waals surface area contributed by atoms with E-state index in [9.17, 15) is 9.59 Å². The summed E-state index contributed by atoms with van der Waals surface area (Å²) in [5, 5.41) is 8.28. The molecule has 1 aliphatic rings. The quantitative estimate of drug-likeness (QED) is 0.660. The van der Waals surface area contributed by atoms with Crippen LogP contribution in [-0.4, -0.2) is 21.0 Å². The minimum atomic E-state index is -0.417. The van der Waals surface area contributed by atoms with Gasteiger partial charge in [-0.25, -0.2) is 4.79 Å². The molecule has 2 heterocycles. The van der Waals surface area contributed by atoms with E-state index in [0.717, 1.165) is 17.5 Å². The molecule has 134 valence electrons. The second-order valence-electron chi connectivity index (χ2n) is 6.55. The summed E-state index contributed by atoms with van der Waals surface area (Å²) in [4.78, 5) is 26.6. The molecule has 1 aromatic carbocycles. The number of carbonyl (C=O) groups is 1. The van der Waals surface area contributed by atoms with E-state index in [1.165, 1.54) is 34.6 Å². The van der Waals surface area contributed by atoms with Gasteiger partial charge in [-0.05, 0) is 48.9 Å². The van der Waals surface area contributed by atoms with Crippen LogP contribution in [0.3, 0.4) is 0 Å². The summed E-state index contributed by atoms with van der Waals surface area (Å²) in [6, 6.07) is 8.91. The van der Waals surface area contributed by atoms with Crippen LogP contribution in [0.15, 0.2) is 35.1 Å². The van der Waals surface area contributed by atoms with Crippen molar-refractivity contribution in [2.75, 3.05) is 0 Å². The number of hydrogen-bond acceptors (Lipinski definition) is 6. The van der Waals surface area contributed by atoms with Crippen molar-refractivity contribution in [1.29, 1.82) is 0 Å². The Kier molecular flexibility index (Phi) is 4.55. The molecule has 0 spiro atoms. The topological polar surface area (TPSA) is 74.1 Å². The fraction of sp³-hybridized carbons (Fsp3) is 0.368. The SMILES string of the molecule is CCC1CCc2sc(C(=O)OCn3nnc4ccccc4c3=O)cc2C1. The largest absolute Gasteiger partial charge is 0.438 e. The highest BCUT2D eigenvalue weighted by Crippen LogP contribution is 2.33. The monoisotopic (exact) mass is 369 g/mol. The zero-order valence-corrected chi connectivity index (χ0v) is 15.3. The molecule has 4 rings (SSSR count). The Balaban J connectivity index is 1.49. The maximum atomic E-state index is 12.4. The summed E-state index contributed by atoms with van der Waals surface area (Å²) >= 11 is 1.50. The van der Waals surface area contributed by atoms with E-state index in [-0.39, 0.29) is 12.3 Å². The van der Waals surface area contributed by atoms with Gasteiger partial charge in [-0.1, -0.05) is 30.7 Å². The summed E-state index contributed by atoms with van der Waals surface area (Å²) in [6.45, 7) is 1.97. The molecule has 7 heteroatoms. The highest BCUT2D eigenvalue weighted by atomic mass is 32.1. The number of fused-ring (bicyclic) bond motifs is 2. The van der Waals surface area contributed by atoms with Crippen molar-refractivity contribution in [2.45, 2.75) is 39.3 Å². The van der Waals surface area contributed by atoms with E-state index < -0.39 is 5.97 Å². The first-order valence-electron chi connectivity index (χ1n) is 8.77. The fourth-order valence-corrected chi connectivity index (χ4v) is 4.45. The summed E-state index contributed by atoms with van der Waals surface area (Å²) in [5.74, 6) is 0.284. The summed E-state index contributed by atoms with van der Waals surface area (Å²) < 4.78 is 6.38. The van der Waals surface area contributed by atoms with Crippen molar-refractivity contribution < 1.29 is 9.53 Å². The number of thiophene rings is 1. The van der Waals surface area contributed by atoms with Gasteiger partial charge in [-0.3, -0.25) is 4.79 Å². The number of nitrogens with zero attached hydrogens (tertiary/aromatic N) is 3. The molecular formula is C19H19N3O3S. The minimum absolute atomic E-state index is 0.240. The molecule has 1 aliphatic carbocycles. The molecule has 0 saturated carbocycles. The lowest BCUT2D eigenvalue weighted by Crippen LogP contribution is -2.26. The number of aryl methyl sites for hydroxylation is 1. The number of hydrogen-bond donors (Lipinski definition) is 0. The maximum Gasteiger partial charge on any atom is 0.350 e. The molecule has 3 aromatic rings. The second kappa shape index (κ2) is 6.99. The molecule has 0 bridgehead atoms. The van der Waals surface area contributed by atoms with Gasteiger partial charge in [-0.15, -0.1) is 16.4 Å². The maximum absolute atomic E-state index is 12.4. The Morgan fingerprint density at radius 3 is 3.08 bits per heavy atom. The van der Waals surface area contributed by atoms with E-state index in [1.807, 2.05) is 6.07 Å². The Hall–Kier alpha value is -2.54. The first-order valence-corrected chi connectivity index (χ1v) is 9.58. The van der Waals surface area contributed by atoms with Crippen LogP contribution < -0.4 is 5.56 Å². The van der Waals surface area contributed by atoms with Crippen molar-refractivity contribution in [3.8, 4) is 0 Å². The first-order chi connectivity index (χ1) is 12.7. The zero-order valence-electron chi connectivity index (χ0n) is 14.5. The zero-order chi connectivity index (χ0) is 18.1. The third-order valence-electron chi connectivity index (χ3n) is 4.91. The lowest BCUT2D eigenvalue weighted by atomic mass is 9.87. The van der Waals surface area contributed by atoms with Crippen LogP contribution in [0.1, 0.15) is 39.9 Å². The van der Waals surface area contributed by atoms with Gasteiger partial charge in [0.1, 0.15) is 10.4 Å². The first kappa shape index (κ1) is 16.9. The van der Waals surface area contributed by atoms with E-state index in [0.29, 0.717) is 21.7 Å². The molecule has 1 atom stereocenters. The van der Waals surface area contributed by atoms with Crippen LogP contribution in [0.4, 0.5) is 0 Å². The highest BCUT2D eigenvalue weighted by Gasteiger charge is 2.22. The van der Waals surface area contributed by atoms with E-state index in [1.54, 1.807) is 24.3 Å². The van der Waals surface area contributed by atoms with Crippen molar-refractivity contribution in [3.63, 3.8) is 0 Å². The molecule has 0 saturated heterocycles. The standard InChI is InChI=1S/C19H19N3O3S/c1-2-12-7-8-16-13(9-12)10-17(26-16)19(24)25-11-22-18(23)14-5-3-4-6-15(14)20-21-22/h3-6,10,12H,2,7-9,11H2,1H3. The summed E-state index contributed by atoms with van der Waals surface area (Å²) in [6.07, 6.45) is 4.41. The highest BCUT2D eigenvalue weighted by molar-refractivity contribution is 7.14. The fourth-order valence-electron chi connectivity index (χ4n) is 3.35. The smallest absolute Gasteiger partial charge is 0.350 e. The number of esters is 1. The van der Waals surface area contributed by atoms with Gasteiger partial charge in [-0.2, -0.15) is 4.68 Å². The van der Waals surface area contributed by atoms with Crippen molar-refractivity contribution >= 4 is 28.2 Å². The normalized spacial score (nSPS) is 16.4. The van der Waals surface area contributed by atoms with Crippen LogP contribution in [0, 0.1) is 5.92 Å². The molecule has 0 N–H and O–H groups in total. The molecule has 0 fully saturated rings. The van der Waals surface area contributed by atoms with Gasteiger partial charge in [0.25, 0.3) is 5.56 Å². The Morgan fingerprint density at radius 1 is 1.38 bits per heavy atom. The average molecular weight is 369 g/mol. The van der Waals surface area contributed by atoms with Gasteiger partial charge in [0.2, 0.25) is 0 Å². The van der Waals surface area contributed by atoms with Crippen molar-refractivity contribution in [2.24, 2.45) is 5.92 Å². The van der Waals surface area contributed by atoms with E-state index in [4.69, 9.17) is 4.74 Å². The van der Waals surface area contributed by atoms with Gasteiger partial charge in [0.05, 0.1) is 5.39 Å². The van der Waals surface area contributed by atoms with Gasteiger partial charge < -0.3 is 4.74 Å². The number of carbonyl (C=O) groups excluding carboxylic acids is 1. The summed E-state index contributed by atoms with van der Waals surface area (Å²) in [5.41, 5.74) is 1.47.